The molecule has 0 radical (unpaired) electrons. The van der Waals surface area contributed by atoms with Crippen molar-refractivity contribution >= 4 is 22.6 Å². The maximum Gasteiger partial charge on any atom is 0.290 e. The van der Waals surface area contributed by atoms with E-state index in [1.54, 1.807) is 4.57 Å². The van der Waals surface area contributed by atoms with Crippen molar-refractivity contribution in [1.29, 1.82) is 0 Å². The molecule has 0 aliphatic heterocycles. The van der Waals surface area contributed by atoms with E-state index in [4.69, 9.17) is 11.6 Å². The highest BCUT2D eigenvalue weighted by Crippen LogP contribution is 2.15. The maximum absolute atomic E-state index is 13.5. The van der Waals surface area contributed by atoms with Gasteiger partial charge in [-0.1, -0.05) is 12.1 Å². The quantitative estimate of drug-likeness (QED) is 0.578. The van der Waals surface area contributed by atoms with Gasteiger partial charge in [-0.2, -0.15) is 4.39 Å². The van der Waals surface area contributed by atoms with Gasteiger partial charge in [-0.05, 0) is 25.0 Å². The fraction of sp³-hybridized carbons (Fsp3) is 0.364. The summed E-state index contributed by atoms with van der Waals surface area (Å²) in [4.78, 5) is 3.86. The van der Waals surface area contributed by atoms with E-state index in [9.17, 15) is 4.39 Å². The first-order valence-electron chi connectivity index (χ1n) is 4.99. The molecule has 0 atom stereocenters. The number of halogens is 2. The van der Waals surface area contributed by atoms with Gasteiger partial charge in [0.1, 0.15) is 0 Å². The van der Waals surface area contributed by atoms with Crippen molar-refractivity contribution in [1.82, 2.24) is 9.55 Å². The fourth-order valence-corrected chi connectivity index (χ4v) is 1.81. The number of aromatic nitrogens is 2. The van der Waals surface area contributed by atoms with Gasteiger partial charge in [0.05, 0.1) is 11.0 Å². The number of fused-ring (bicyclic) bond motifs is 1. The Balaban J connectivity index is 2.28. The predicted molar refractivity (Wildman–Crippen MR) is 59.6 cm³/mol. The molecule has 0 saturated heterocycles. The molecule has 0 saturated carbocycles. The van der Waals surface area contributed by atoms with Crippen LogP contribution in [0.15, 0.2) is 24.3 Å². The van der Waals surface area contributed by atoms with Gasteiger partial charge in [-0.3, -0.25) is 0 Å². The standard InChI is InChI=1S/C11H12ClFN2/c12-7-3-4-8-15-10-6-2-1-5-9(10)14-11(15)13/h1-2,5-6H,3-4,7-8H2. The minimum Gasteiger partial charge on any atom is -0.300 e. The number of benzene rings is 1. The van der Waals surface area contributed by atoms with Crippen LogP contribution >= 0.6 is 11.6 Å². The van der Waals surface area contributed by atoms with Crippen LogP contribution in [0.25, 0.3) is 11.0 Å². The van der Waals surface area contributed by atoms with Gasteiger partial charge in [0.25, 0.3) is 6.08 Å². The summed E-state index contributed by atoms with van der Waals surface area (Å²) in [6.45, 7) is 0.638. The maximum atomic E-state index is 13.5. The lowest BCUT2D eigenvalue weighted by molar-refractivity contribution is 0.465. The summed E-state index contributed by atoms with van der Waals surface area (Å²) in [7, 11) is 0. The number of unbranched alkanes of at least 4 members (excludes halogenated alkanes) is 1. The molecule has 1 aromatic heterocycles. The SMILES string of the molecule is Fc1nc2ccccc2n1CCCCCl. The highest BCUT2D eigenvalue weighted by molar-refractivity contribution is 6.17. The molecule has 80 valence electrons. The Hall–Kier alpha value is -1.09. The molecule has 1 aromatic carbocycles. The van der Waals surface area contributed by atoms with E-state index in [0.29, 0.717) is 17.9 Å². The number of hydrogen-bond donors (Lipinski definition) is 0. The zero-order valence-electron chi connectivity index (χ0n) is 8.29. The Labute approximate surface area is 92.7 Å². The summed E-state index contributed by atoms with van der Waals surface area (Å²) < 4.78 is 15.0. The van der Waals surface area contributed by atoms with Crippen LogP contribution in [0.2, 0.25) is 0 Å². The van der Waals surface area contributed by atoms with E-state index in [1.807, 2.05) is 24.3 Å². The zero-order chi connectivity index (χ0) is 10.7. The van der Waals surface area contributed by atoms with E-state index >= 15 is 0 Å². The van der Waals surface area contributed by atoms with Gasteiger partial charge in [0.15, 0.2) is 0 Å². The molecule has 0 bridgehead atoms. The van der Waals surface area contributed by atoms with Crippen molar-refractivity contribution in [3.8, 4) is 0 Å². The van der Waals surface area contributed by atoms with Crippen molar-refractivity contribution < 1.29 is 4.39 Å². The van der Waals surface area contributed by atoms with Crippen molar-refractivity contribution in [3.63, 3.8) is 0 Å². The average molecular weight is 227 g/mol. The van der Waals surface area contributed by atoms with Gasteiger partial charge in [-0.15, -0.1) is 11.6 Å². The van der Waals surface area contributed by atoms with Crippen molar-refractivity contribution in [3.05, 3.63) is 30.3 Å². The Morgan fingerprint density at radius 1 is 1.27 bits per heavy atom. The second-order valence-corrected chi connectivity index (χ2v) is 3.80. The minimum atomic E-state index is -0.411. The van der Waals surface area contributed by atoms with E-state index < -0.39 is 6.08 Å². The number of imidazole rings is 1. The highest BCUT2D eigenvalue weighted by Gasteiger charge is 2.08. The Bertz CT molecular complexity index is 453. The average Bonchev–Trinajstić information content (AvgIpc) is 2.56. The first-order chi connectivity index (χ1) is 7.33. The van der Waals surface area contributed by atoms with Gasteiger partial charge in [-0.25, -0.2) is 4.98 Å². The summed E-state index contributed by atoms with van der Waals surface area (Å²) in [6.07, 6.45) is 1.36. The number of rotatable bonds is 4. The van der Waals surface area contributed by atoms with Crippen LogP contribution in [-0.4, -0.2) is 15.4 Å². The fourth-order valence-electron chi connectivity index (χ4n) is 1.62. The van der Waals surface area contributed by atoms with Crippen LogP contribution in [0.1, 0.15) is 12.8 Å². The second kappa shape index (κ2) is 4.62. The molecule has 0 aliphatic rings. The van der Waals surface area contributed by atoms with E-state index in [1.165, 1.54) is 0 Å². The molecule has 0 N–H and O–H groups in total. The molecule has 0 amide bonds. The van der Waals surface area contributed by atoms with Crippen LogP contribution in [0.5, 0.6) is 0 Å². The summed E-state index contributed by atoms with van der Waals surface area (Å²) in [5.41, 5.74) is 1.56. The van der Waals surface area contributed by atoms with Crippen LogP contribution in [0.3, 0.4) is 0 Å². The van der Waals surface area contributed by atoms with E-state index in [-0.39, 0.29) is 0 Å². The first kappa shape index (κ1) is 10.4. The smallest absolute Gasteiger partial charge is 0.290 e. The van der Waals surface area contributed by atoms with Crippen molar-refractivity contribution in [2.24, 2.45) is 0 Å². The van der Waals surface area contributed by atoms with Crippen molar-refractivity contribution in [2.45, 2.75) is 19.4 Å². The summed E-state index contributed by atoms with van der Waals surface area (Å²) in [6, 6.07) is 7.45. The molecule has 0 spiro atoms. The highest BCUT2D eigenvalue weighted by atomic mass is 35.5. The third kappa shape index (κ3) is 2.12. The summed E-state index contributed by atoms with van der Waals surface area (Å²) in [5, 5.41) is 0. The molecule has 2 nitrogen and oxygen atoms in total. The molecule has 0 fully saturated rings. The van der Waals surface area contributed by atoms with E-state index in [0.717, 1.165) is 18.4 Å². The van der Waals surface area contributed by atoms with Crippen LogP contribution in [-0.2, 0) is 6.54 Å². The molecule has 1 heterocycles. The normalized spacial score (nSPS) is 11.1. The number of nitrogens with zero attached hydrogens (tertiary/aromatic N) is 2. The van der Waals surface area contributed by atoms with Crippen LogP contribution < -0.4 is 0 Å². The number of hydrogen-bond acceptors (Lipinski definition) is 1. The summed E-state index contributed by atoms with van der Waals surface area (Å²) in [5.74, 6) is 0.619. The first-order valence-corrected chi connectivity index (χ1v) is 5.53. The summed E-state index contributed by atoms with van der Waals surface area (Å²) >= 11 is 5.58. The zero-order valence-corrected chi connectivity index (χ0v) is 9.04. The molecule has 2 aromatic rings. The van der Waals surface area contributed by atoms with E-state index in [2.05, 4.69) is 4.98 Å². The largest absolute Gasteiger partial charge is 0.300 e. The molecule has 15 heavy (non-hydrogen) atoms. The molecule has 0 aliphatic carbocycles. The topological polar surface area (TPSA) is 17.8 Å². The van der Waals surface area contributed by atoms with Crippen LogP contribution in [0, 0.1) is 6.08 Å². The third-order valence-corrected chi connectivity index (χ3v) is 2.64. The molecule has 2 rings (SSSR count). The second-order valence-electron chi connectivity index (χ2n) is 3.42. The Kier molecular flexibility index (Phi) is 3.21. The predicted octanol–water partition coefficient (Wildman–Crippen LogP) is 3.19. The molecular formula is C11H12ClFN2. The van der Waals surface area contributed by atoms with Gasteiger partial charge < -0.3 is 4.57 Å². The minimum absolute atomic E-state index is 0.411. The monoisotopic (exact) mass is 226 g/mol. The lowest BCUT2D eigenvalue weighted by Crippen LogP contribution is -2.01. The van der Waals surface area contributed by atoms with Gasteiger partial charge in [0.2, 0.25) is 0 Å². The number of para-hydroxylation sites is 2. The third-order valence-electron chi connectivity index (χ3n) is 2.37. The molecular weight excluding hydrogens is 215 g/mol. The van der Waals surface area contributed by atoms with Gasteiger partial charge >= 0.3 is 0 Å². The molecule has 4 heteroatoms. The van der Waals surface area contributed by atoms with Crippen molar-refractivity contribution in [2.75, 3.05) is 5.88 Å². The Morgan fingerprint density at radius 3 is 2.87 bits per heavy atom. The Morgan fingerprint density at radius 2 is 2.07 bits per heavy atom. The van der Waals surface area contributed by atoms with Crippen LogP contribution in [0.4, 0.5) is 4.39 Å². The lowest BCUT2D eigenvalue weighted by Gasteiger charge is -2.03. The number of alkyl halides is 1. The van der Waals surface area contributed by atoms with Gasteiger partial charge in [0, 0.05) is 12.4 Å². The molecule has 0 unspecified atom stereocenters. The number of aryl methyl sites for hydroxylation is 1. The lowest BCUT2D eigenvalue weighted by atomic mass is 10.3.